The maximum atomic E-state index is 6.55. The minimum atomic E-state index is -3.30. The first-order chi connectivity index (χ1) is 19.0. The van der Waals surface area contributed by atoms with Gasteiger partial charge in [0.15, 0.2) is 0 Å². The molecule has 12 heteroatoms. The van der Waals surface area contributed by atoms with E-state index in [-0.39, 0.29) is 11.3 Å². The van der Waals surface area contributed by atoms with Gasteiger partial charge in [-0.3, -0.25) is 0 Å². The van der Waals surface area contributed by atoms with Crippen LogP contribution in [0.2, 0.25) is 0 Å². The van der Waals surface area contributed by atoms with E-state index in [4.69, 9.17) is 26.6 Å². The lowest BCUT2D eigenvalue weighted by atomic mass is 10.1. The Balaban J connectivity index is 4.01. The zero-order chi connectivity index (χ0) is 29.0. The highest BCUT2D eigenvalue weighted by molar-refractivity contribution is 6.65. The van der Waals surface area contributed by atoms with E-state index >= 15 is 0 Å². The molecule has 0 aliphatic rings. The number of anilines is 1. The van der Waals surface area contributed by atoms with Crippen LogP contribution >= 0.6 is 0 Å². The van der Waals surface area contributed by atoms with Crippen LogP contribution in [0.4, 0.5) is 5.95 Å². The largest absolute Gasteiger partial charge is 0.524 e. The topological polar surface area (TPSA) is 97.3 Å². The number of unbranched alkanes of at least 4 members (excludes halogenated alkanes) is 4. The maximum Gasteiger partial charge on any atom is 0.524 e. The zero-order valence-electron chi connectivity index (χ0n) is 25.9. The maximum absolute atomic E-state index is 6.55. The molecule has 10 nitrogen and oxygen atoms in total. The van der Waals surface area contributed by atoms with Gasteiger partial charge in [-0.25, -0.2) is 15.0 Å². The first-order valence-electron chi connectivity index (χ1n) is 15.2. The molecule has 0 aliphatic heterocycles. The van der Waals surface area contributed by atoms with Crippen LogP contribution in [-0.2, 0) is 26.6 Å². The summed E-state index contributed by atoms with van der Waals surface area (Å²) in [6, 6.07) is 0. The molecule has 0 saturated carbocycles. The Labute approximate surface area is 240 Å². The number of rotatable bonds is 25. The van der Waals surface area contributed by atoms with Crippen molar-refractivity contribution >= 4 is 23.6 Å². The average Bonchev–Trinajstić information content (AvgIpc) is 2.93. The van der Waals surface area contributed by atoms with Crippen molar-refractivity contribution in [3.8, 4) is 0 Å². The number of nitrogens with zero attached hydrogens (tertiary/aromatic N) is 4. The van der Waals surface area contributed by atoms with Gasteiger partial charge in [0.2, 0.25) is 5.95 Å². The van der Waals surface area contributed by atoms with Crippen molar-refractivity contribution in [2.75, 3.05) is 44.5 Å². The normalized spacial score (nSPS) is 13.9. The monoisotopic (exact) mass is 588 g/mol. The van der Waals surface area contributed by atoms with Gasteiger partial charge in [-0.05, 0) is 54.4 Å². The summed E-state index contributed by atoms with van der Waals surface area (Å²) in [6.45, 7) is 19.3. The second-order valence-corrected chi connectivity index (χ2v) is 14.7. The van der Waals surface area contributed by atoms with Gasteiger partial charge in [0.05, 0.1) is 0 Å². The van der Waals surface area contributed by atoms with Crippen molar-refractivity contribution in [2.24, 2.45) is 0 Å². The third kappa shape index (κ3) is 10.7. The summed E-state index contributed by atoms with van der Waals surface area (Å²) < 4.78 is 39.3. The van der Waals surface area contributed by atoms with Crippen molar-refractivity contribution in [3.05, 3.63) is 12.7 Å². The van der Waals surface area contributed by atoms with Gasteiger partial charge >= 0.3 is 17.6 Å². The van der Waals surface area contributed by atoms with Crippen LogP contribution in [0.1, 0.15) is 107 Å². The Morgan fingerprint density at radius 3 is 1.18 bits per heavy atom. The van der Waals surface area contributed by atoms with Crippen LogP contribution in [-0.4, -0.2) is 83.5 Å². The number of hydrogen-bond acceptors (Lipinski definition) is 10. The minimum Gasteiger partial charge on any atom is -0.373 e. The number of hydrogen-bond donors (Lipinski definition) is 0. The van der Waals surface area contributed by atoms with Crippen molar-refractivity contribution < 1.29 is 26.6 Å². The van der Waals surface area contributed by atoms with Gasteiger partial charge in [0.25, 0.3) is 0 Å². The van der Waals surface area contributed by atoms with Crippen LogP contribution in [0, 0.1) is 0 Å². The van der Waals surface area contributed by atoms with Crippen LogP contribution in [0.5, 0.6) is 0 Å². The van der Waals surface area contributed by atoms with Gasteiger partial charge in [0, 0.05) is 39.6 Å². The lowest BCUT2D eigenvalue weighted by molar-refractivity contribution is 0.0489. The predicted octanol–water partition coefficient (Wildman–Crippen LogP) is 5.75. The van der Waals surface area contributed by atoms with E-state index in [9.17, 15) is 0 Å². The molecule has 2 atom stereocenters. The van der Waals surface area contributed by atoms with E-state index in [2.05, 4.69) is 33.7 Å². The Kier molecular flexibility index (Phi) is 19.2. The van der Waals surface area contributed by atoms with Crippen molar-refractivity contribution in [1.29, 1.82) is 0 Å². The molecule has 228 valence electrons. The molecule has 1 rings (SSSR count). The van der Waals surface area contributed by atoms with Gasteiger partial charge in [0.1, 0.15) is 24.0 Å². The fraction of sp³-hybridized carbons (Fsp3) is 0.889. The Morgan fingerprint density at radius 1 is 0.564 bits per heavy atom. The first kappa shape index (κ1) is 36.0. The molecular weight excluding hydrogens is 532 g/mol. The Morgan fingerprint density at radius 2 is 0.897 bits per heavy atom. The molecule has 2 unspecified atom stereocenters. The standard InChI is InChI=1S/C27H56N4O6Si2/c1-9-17-19-21-25(38(32-11-3,33-12-4)34-13-5)31(27-29-23-28-24-30-27)26(22-20-18-10-2)39(35-14-6,36-15-7)37-16-8/h23-26H,9-22H2,1-8H3. The second kappa shape index (κ2) is 20.8. The third-order valence-electron chi connectivity index (χ3n) is 6.43. The Bertz CT molecular complexity index is 651. The molecule has 0 fully saturated rings. The first-order valence-corrected chi connectivity index (χ1v) is 18.8. The van der Waals surface area contributed by atoms with E-state index in [0.29, 0.717) is 45.6 Å². The fourth-order valence-corrected chi connectivity index (χ4v) is 11.6. The highest BCUT2D eigenvalue weighted by atomic mass is 28.4. The van der Waals surface area contributed by atoms with Crippen molar-refractivity contribution in [2.45, 2.75) is 118 Å². The quantitative estimate of drug-likeness (QED) is 0.104. The molecule has 0 radical (unpaired) electrons. The highest BCUT2D eigenvalue weighted by Gasteiger charge is 2.60. The van der Waals surface area contributed by atoms with Crippen LogP contribution in [0.25, 0.3) is 0 Å². The van der Waals surface area contributed by atoms with Crippen LogP contribution in [0.3, 0.4) is 0 Å². The summed E-state index contributed by atoms with van der Waals surface area (Å²) >= 11 is 0. The summed E-state index contributed by atoms with van der Waals surface area (Å²) in [5.74, 6) is 0.542. The second-order valence-electron chi connectivity index (χ2n) is 9.17. The van der Waals surface area contributed by atoms with Gasteiger partial charge in [-0.2, -0.15) is 0 Å². The van der Waals surface area contributed by atoms with Gasteiger partial charge in [-0.15, -0.1) is 0 Å². The van der Waals surface area contributed by atoms with Gasteiger partial charge < -0.3 is 31.5 Å². The third-order valence-corrected chi connectivity index (χ3v) is 13.3. The molecule has 0 N–H and O–H groups in total. The molecule has 1 aromatic rings. The molecule has 39 heavy (non-hydrogen) atoms. The lowest BCUT2D eigenvalue weighted by Gasteiger charge is -2.48. The lowest BCUT2D eigenvalue weighted by Crippen LogP contribution is -2.71. The molecule has 0 aliphatic carbocycles. The summed E-state index contributed by atoms with van der Waals surface area (Å²) in [7, 11) is -6.60. The predicted molar refractivity (Wildman–Crippen MR) is 159 cm³/mol. The molecule has 0 spiro atoms. The molecule has 0 aromatic carbocycles. The van der Waals surface area contributed by atoms with E-state index in [1.165, 1.54) is 12.7 Å². The SMILES string of the molecule is CCCCCC(N(c1ncncn1)C(CCCCC)[Si](OCC)(OCC)OCC)[Si](OCC)(OCC)OCC. The van der Waals surface area contributed by atoms with Crippen molar-refractivity contribution in [1.82, 2.24) is 15.0 Å². The molecule has 1 aromatic heterocycles. The molecule has 0 bridgehead atoms. The Hall–Kier alpha value is -0.996. The number of aromatic nitrogens is 3. The van der Waals surface area contributed by atoms with E-state index in [0.717, 1.165) is 51.4 Å². The van der Waals surface area contributed by atoms with Gasteiger partial charge in [-0.1, -0.05) is 52.4 Å². The summed E-state index contributed by atoms with van der Waals surface area (Å²) in [6.07, 6.45) is 11.0. The molecular formula is C27H56N4O6Si2. The molecule has 0 amide bonds. The highest BCUT2D eigenvalue weighted by Crippen LogP contribution is 2.35. The average molecular weight is 589 g/mol. The summed E-state index contributed by atoms with van der Waals surface area (Å²) in [5, 5.41) is 0. The minimum absolute atomic E-state index is 0.258. The van der Waals surface area contributed by atoms with Crippen LogP contribution < -0.4 is 4.90 Å². The van der Waals surface area contributed by atoms with Crippen LogP contribution in [0.15, 0.2) is 12.7 Å². The van der Waals surface area contributed by atoms with Crippen molar-refractivity contribution in [3.63, 3.8) is 0 Å². The molecule has 1 heterocycles. The molecule has 0 saturated heterocycles. The summed E-state index contributed by atoms with van der Waals surface area (Å²) in [4.78, 5) is 15.7. The van der Waals surface area contributed by atoms with E-state index in [1.54, 1.807) is 0 Å². The summed E-state index contributed by atoms with van der Waals surface area (Å²) in [5.41, 5.74) is -0.516. The smallest absolute Gasteiger partial charge is 0.373 e. The fourth-order valence-electron chi connectivity index (χ4n) is 5.04. The van der Waals surface area contributed by atoms with E-state index < -0.39 is 17.6 Å². The van der Waals surface area contributed by atoms with E-state index in [1.807, 2.05) is 41.5 Å². The zero-order valence-corrected chi connectivity index (χ0v) is 27.9.